The van der Waals surface area contributed by atoms with Gasteiger partial charge in [-0.1, -0.05) is 60.2 Å². The third-order valence-electron chi connectivity index (χ3n) is 4.11. The van der Waals surface area contributed by atoms with Gasteiger partial charge in [0.15, 0.2) is 0 Å². The first kappa shape index (κ1) is 20.5. The number of benzene rings is 3. The van der Waals surface area contributed by atoms with Crippen molar-refractivity contribution < 1.29 is 14.4 Å². The minimum atomic E-state index is -0.948. The van der Waals surface area contributed by atoms with Crippen LogP contribution in [0.1, 0.15) is 21.5 Å². The largest absolute Gasteiger partial charge is 0.329 e. The summed E-state index contributed by atoms with van der Waals surface area (Å²) < 4.78 is 0. The second kappa shape index (κ2) is 9.79. The van der Waals surface area contributed by atoms with Crippen LogP contribution in [0.25, 0.3) is 0 Å². The normalized spacial score (nSPS) is 10.4. The maximum Gasteiger partial charge on any atom is 0.329 e. The van der Waals surface area contributed by atoms with Gasteiger partial charge >= 0.3 is 11.8 Å². The Bertz CT molecular complexity index is 1080. The van der Waals surface area contributed by atoms with E-state index < -0.39 is 17.7 Å². The van der Waals surface area contributed by atoms with E-state index in [2.05, 4.69) is 21.2 Å². The standard InChI is InChI=1S/C23H20N4O3/c1-16-11-13-18(14-12-16)25-21(28)19-9-5-6-10-20(19)26-22(29)23(30)27-24-15-17-7-3-2-4-8-17/h2-15H,1H3,(H,25,28)(H,26,29)(H,27,30). The first-order valence-corrected chi connectivity index (χ1v) is 9.19. The van der Waals surface area contributed by atoms with E-state index in [1.165, 1.54) is 6.21 Å². The van der Waals surface area contributed by atoms with Crippen LogP contribution in [0.3, 0.4) is 0 Å². The number of aryl methyl sites for hydroxylation is 1. The van der Waals surface area contributed by atoms with Gasteiger partial charge in [0.05, 0.1) is 17.5 Å². The van der Waals surface area contributed by atoms with E-state index in [1.807, 2.05) is 37.3 Å². The van der Waals surface area contributed by atoms with Crippen molar-refractivity contribution in [3.8, 4) is 0 Å². The molecule has 0 atom stereocenters. The third-order valence-corrected chi connectivity index (χ3v) is 4.11. The number of anilines is 2. The lowest BCUT2D eigenvalue weighted by atomic mass is 10.1. The molecule has 0 radical (unpaired) electrons. The summed E-state index contributed by atoms with van der Waals surface area (Å²) in [5, 5.41) is 8.98. The topological polar surface area (TPSA) is 99.7 Å². The van der Waals surface area contributed by atoms with E-state index >= 15 is 0 Å². The van der Waals surface area contributed by atoms with Crippen molar-refractivity contribution in [2.45, 2.75) is 6.92 Å². The number of para-hydroxylation sites is 1. The number of carbonyl (C=O) groups is 3. The van der Waals surface area contributed by atoms with Crippen LogP contribution in [-0.4, -0.2) is 23.9 Å². The van der Waals surface area contributed by atoms with Crippen molar-refractivity contribution >= 4 is 35.3 Å². The van der Waals surface area contributed by atoms with Crippen LogP contribution in [0.4, 0.5) is 11.4 Å². The quantitative estimate of drug-likeness (QED) is 0.348. The second-order valence-corrected chi connectivity index (χ2v) is 6.43. The summed E-state index contributed by atoms with van der Waals surface area (Å²) >= 11 is 0. The highest BCUT2D eigenvalue weighted by molar-refractivity contribution is 6.40. The molecular formula is C23H20N4O3. The highest BCUT2D eigenvalue weighted by Crippen LogP contribution is 2.18. The molecule has 3 amide bonds. The molecule has 0 fully saturated rings. The fraction of sp³-hybridized carbons (Fsp3) is 0.0435. The Hall–Kier alpha value is -4.26. The van der Waals surface area contributed by atoms with Crippen LogP contribution < -0.4 is 16.1 Å². The average molecular weight is 400 g/mol. The second-order valence-electron chi connectivity index (χ2n) is 6.43. The van der Waals surface area contributed by atoms with E-state index in [9.17, 15) is 14.4 Å². The number of rotatable bonds is 5. The Labute approximate surface area is 173 Å². The minimum absolute atomic E-state index is 0.217. The molecule has 30 heavy (non-hydrogen) atoms. The maximum atomic E-state index is 12.6. The van der Waals surface area contributed by atoms with Crippen LogP contribution >= 0.6 is 0 Å². The lowest BCUT2D eigenvalue weighted by Gasteiger charge is -2.11. The molecule has 7 heteroatoms. The van der Waals surface area contributed by atoms with Gasteiger partial charge in [-0.3, -0.25) is 14.4 Å². The monoisotopic (exact) mass is 400 g/mol. The number of hydrogen-bond donors (Lipinski definition) is 3. The third kappa shape index (κ3) is 5.62. The summed E-state index contributed by atoms with van der Waals surface area (Å²) in [6.45, 7) is 1.95. The summed E-state index contributed by atoms with van der Waals surface area (Å²) in [4.78, 5) is 36.8. The minimum Gasteiger partial charge on any atom is -0.322 e. The van der Waals surface area contributed by atoms with Gasteiger partial charge in [-0.2, -0.15) is 5.10 Å². The molecular weight excluding hydrogens is 380 g/mol. The zero-order chi connectivity index (χ0) is 21.3. The van der Waals surface area contributed by atoms with Gasteiger partial charge in [-0.15, -0.1) is 0 Å². The molecule has 0 aliphatic heterocycles. The van der Waals surface area contributed by atoms with Crippen LogP contribution in [0.5, 0.6) is 0 Å². The zero-order valence-corrected chi connectivity index (χ0v) is 16.3. The maximum absolute atomic E-state index is 12.6. The molecule has 7 nitrogen and oxygen atoms in total. The van der Waals surface area contributed by atoms with Crippen LogP contribution in [0.15, 0.2) is 84.0 Å². The molecule has 0 saturated heterocycles. The molecule has 0 spiro atoms. The molecule has 0 aliphatic rings. The number of hydrazone groups is 1. The molecule has 0 saturated carbocycles. The number of amides is 3. The van der Waals surface area contributed by atoms with E-state index in [1.54, 1.807) is 48.5 Å². The molecule has 3 aromatic rings. The van der Waals surface area contributed by atoms with Gasteiger partial charge in [0, 0.05) is 5.69 Å². The van der Waals surface area contributed by atoms with E-state index in [0.717, 1.165) is 11.1 Å². The van der Waals surface area contributed by atoms with Crippen molar-refractivity contribution in [2.75, 3.05) is 10.6 Å². The Kier molecular flexibility index (Phi) is 6.68. The summed E-state index contributed by atoms with van der Waals surface area (Å²) in [7, 11) is 0. The highest BCUT2D eigenvalue weighted by atomic mass is 16.2. The zero-order valence-electron chi connectivity index (χ0n) is 16.3. The van der Waals surface area contributed by atoms with Crippen molar-refractivity contribution in [2.24, 2.45) is 5.10 Å². The number of nitrogens with one attached hydrogen (secondary N) is 3. The SMILES string of the molecule is Cc1ccc(NC(=O)c2ccccc2NC(=O)C(=O)NN=Cc2ccccc2)cc1. The molecule has 3 aromatic carbocycles. The van der Waals surface area contributed by atoms with E-state index in [0.29, 0.717) is 5.69 Å². The molecule has 0 aliphatic carbocycles. The van der Waals surface area contributed by atoms with E-state index in [4.69, 9.17) is 0 Å². The van der Waals surface area contributed by atoms with Gasteiger partial charge in [-0.25, -0.2) is 5.43 Å². The Morgan fingerprint density at radius 3 is 2.17 bits per heavy atom. The van der Waals surface area contributed by atoms with Crippen molar-refractivity contribution in [1.29, 1.82) is 0 Å². The van der Waals surface area contributed by atoms with Crippen molar-refractivity contribution in [1.82, 2.24) is 5.43 Å². The Morgan fingerprint density at radius 1 is 0.767 bits per heavy atom. The molecule has 0 unspecified atom stereocenters. The van der Waals surface area contributed by atoms with Crippen LogP contribution in [0.2, 0.25) is 0 Å². The first-order valence-electron chi connectivity index (χ1n) is 9.19. The van der Waals surface area contributed by atoms with Gasteiger partial charge < -0.3 is 10.6 Å². The number of carbonyl (C=O) groups excluding carboxylic acids is 3. The average Bonchev–Trinajstić information content (AvgIpc) is 2.76. The molecule has 0 heterocycles. The summed E-state index contributed by atoms with van der Waals surface area (Å²) in [6, 6.07) is 22.9. The van der Waals surface area contributed by atoms with Crippen molar-refractivity contribution in [3.63, 3.8) is 0 Å². The number of hydrogen-bond acceptors (Lipinski definition) is 4. The fourth-order valence-corrected chi connectivity index (χ4v) is 2.56. The first-order chi connectivity index (χ1) is 14.5. The lowest BCUT2D eigenvalue weighted by Crippen LogP contribution is -2.33. The molecule has 0 aromatic heterocycles. The predicted molar refractivity (Wildman–Crippen MR) is 116 cm³/mol. The molecule has 150 valence electrons. The van der Waals surface area contributed by atoms with Gasteiger partial charge in [0.1, 0.15) is 0 Å². The molecule has 3 N–H and O–H groups in total. The fourth-order valence-electron chi connectivity index (χ4n) is 2.56. The van der Waals surface area contributed by atoms with E-state index in [-0.39, 0.29) is 11.3 Å². The summed E-state index contributed by atoms with van der Waals surface area (Å²) in [5.41, 5.74) is 5.08. The van der Waals surface area contributed by atoms with Gasteiger partial charge in [0.2, 0.25) is 0 Å². The smallest absolute Gasteiger partial charge is 0.322 e. The summed E-state index contributed by atoms with van der Waals surface area (Å²) in [6.07, 6.45) is 1.42. The highest BCUT2D eigenvalue weighted by Gasteiger charge is 2.17. The van der Waals surface area contributed by atoms with Gasteiger partial charge in [-0.05, 0) is 36.8 Å². The molecule has 3 rings (SSSR count). The molecule has 0 bridgehead atoms. The van der Waals surface area contributed by atoms with Crippen LogP contribution in [0, 0.1) is 6.92 Å². The summed E-state index contributed by atoms with van der Waals surface area (Å²) in [5.74, 6) is -2.29. The predicted octanol–water partition coefficient (Wildman–Crippen LogP) is 3.34. The lowest BCUT2D eigenvalue weighted by molar-refractivity contribution is -0.136. The van der Waals surface area contributed by atoms with Gasteiger partial charge in [0.25, 0.3) is 5.91 Å². The van der Waals surface area contributed by atoms with Crippen molar-refractivity contribution in [3.05, 3.63) is 95.6 Å². The number of nitrogens with zero attached hydrogens (tertiary/aromatic N) is 1. The Balaban J connectivity index is 1.64. The Morgan fingerprint density at radius 2 is 1.43 bits per heavy atom. The van der Waals surface area contributed by atoms with Crippen LogP contribution in [-0.2, 0) is 9.59 Å².